The van der Waals surface area contributed by atoms with E-state index in [4.69, 9.17) is 0 Å². The first-order chi connectivity index (χ1) is 15.0. The first-order valence-corrected chi connectivity index (χ1v) is 10.4. The molecule has 0 bridgehead atoms. The molecule has 0 spiro atoms. The molecule has 0 aliphatic heterocycles. The summed E-state index contributed by atoms with van der Waals surface area (Å²) in [4.78, 5) is 26.7. The van der Waals surface area contributed by atoms with Crippen molar-refractivity contribution in [2.24, 2.45) is 0 Å². The number of carbonyl (C=O) groups excluding carboxylic acids is 2. The normalized spacial score (nSPS) is 15.8. The number of alkyl halides is 2. The fourth-order valence-electron chi connectivity index (χ4n) is 3.31. The van der Waals surface area contributed by atoms with E-state index in [2.05, 4.69) is 10.1 Å². The third-order valence-electron chi connectivity index (χ3n) is 5.29. The zero-order valence-corrected chi connectivity index (χ0v) is 17.0. The summed E-state index contributed by atoms with van der Waals surface area (Å²) < 4.78 is 29.7. The van der Waals surface area contributed by atoms with Crippen molar-refractivity contribution in [1.82, 2.24) is 10.2 Å². The monoisotopic (exact) mass is 426 g/mol. The van der Waals surface area contributed by atoms with Crippen molar-refractivity contribution in [3.63, 3.8) is 0 Å². The molecule has 2 saturated carbocycles. The van der Waals surface area contributed by atoms with Gasteiger partial charge in [-0.2, -0.15) is 8.78 Å². The van der Waals surface area contributed by atoms with Crippen LogP contribution in [0.1, 0.15) is 47.2 Å². The number of ether oxygens (including phenoxy) is 1. The van der Waals surface area contributed by atoms with Crippen molar-refractivity contribution in [2.45, 2.75) is 50.9 Å². The van der Waals surface area contributed by atoms with Crippen LogP contribution < -0.4 is 10.1 Å². The van der Waals surface area contributed by atoms with Crippen LogP contribution in [0.5, 0.6) is 5.75 Å². The van der Waals surface area contributed by atoms with E-state index in [1.54, 1.807) is 35.2 Å². The van der Waals surface area contributed by atoms with E-state index in [1.165, 1.54) is 18.2 Å². The molecule has 7 heteroatoms. The zero-order valence-electron chi connectivity index (χ0n) is 17.0. The second-order valence-electron chi connectivity index (χ2n) is 7.89. The molecular weight excluding hydrogens is 402 g/mol. The van der Waals surface area contributed by atoms with Gasteiger partial charge in [-0.25, -0.2) is 0 Å². The van der Waals surface area contributed by atoms with Crippen LogP contribution in [0.25, 0.3) is 6.08 Å². The first-order valence-electron chi connectivity index (χ1n) is 10.4. The van der Waals surface area contributed by atoms with Gasteiger partial charge in [-0.15, -0.1) is 0 Å². The first kappa shape index (κ1) is 21.0. The second-order valence-corrected chi connectivity index (χ2v) is 7.89. The Bertz CT molecular complexity index is 967. The van der Waals surface area contributed by atoms with Crippen LogP contribution in [-0.2, 0) is 11.3 Å². The van der Waals surface area contributed by atoms with Crippen LogP contribution in [0.3, 0.4) is 0 Å². The van der Waals surface area contributed by atoms with Crippen molar-refractivity contribution in [1.29, 1.82) is 0 Å². The number of rotatable bonds is 9. The predicted molar refractivity (Wildman–Crippen MR) is 113 cm³/mol. The third kappa shape index (κ3) is 5.90. The molecule has 1 N–H and O–H groups in total. The minimum Gasteiger partial charge on any atom is -0.434 e. The number of benzene rings is 2. The third-order valence-corrected chi connectivity index (χ3v) is 5.29. The molecule has 0 atom stereocenters. The van der Waals surface area contributed by atoms with E-state index in [0.29, 0.717) is 23.7 Å². The molecule has 2 aromatic rings. The molecule has 0 saturated heterocycles. The summed E-state index contributed by atoms with van der Waals surface area (Å²) in [6, 6.07) is 14.1. The van der Waals surface area contributed by atoms with Gasteiger partial charge >= 0.3 is 6.61 Å². The molecule has 162 valence electrons. The van der Waals surface area contributed by atoms with Crippen molar-refractivity contribution in [2.75, 3.05) is 0 Å². The minimum atomic E-state index is -2.93. The van der Waals surface area contributed by atoms with E-state index in [0.717, 1.165) is 31.2 Å². The predicted octanol–water partition coefficient (Wildman–Crippen LogP) is 4.38. The number of halogens is 2. The van der Waals surface area contributed by atoms with Gasteiger partial charge in [0.1, 0.15) is 5.75 Å². The maximum Gasteiger partial charge on any atom is 0.387 e. The fraction of sp³-hybridized carbons (Fsp3) is 0.333. The van der Waals surface area contributed by atoms with Crippen molar-refractivity contribution >= 4 is 17.9 Å². The van der Waals surface area contributed by atoms with Crippen LogP contribution in [0.15, 0.2) is 54.6 Å². The van der Waals surface area contributed by atoms with Gasteiger partial charge in [0.05, 0.1) is 0 Å². The van der Waals surface area contributed by atoms with E-state index < -0.39 is 6.61 Å². The summed E-state index contributed by atoms with van der Waals surface area (Å²) in [6.07, 6.45) is 6.84. The maximum absolute atomic E-state index is 12.8. The van der Waals surface area contributed by atoms with Crippen LogP contribution in [0.4, 0.5) is 8.78 Å². The topological polar surface area (TPSA) is 58.6 Å². The lowest BCUT2D eigenvalue weighted by atomic mass is 10.1. The molecule has 2 amide bonds. The summed E-state index contributed by atoms with van der Waals surface area (Å²) >= 11 is 0. The quantitative estimate of drug-likeness (QED) is 0.606. The van der Waals surface area contributed by atoms with Crippen molar-refractivity contribution < 1.29 is 23.1 Å². The average Bonchev–Trinajstić information content (AvgIpc) is 3.66. The minimum absolute atomic E-state index is 0.0274. The van der Waals surface area contributed by atoms with Gasteiger partial charge in [0, 0.05) is 35.8 Å². The van der Waals surface area contributed by atoms with Gasteiger partial charge in [0.2, 0.25) is 5.91 Å². The highest BCUT2D eigenvalue weighted by atomic mass is 19.3. The number of hydrogen-bond donors (Lipinski definition) is 1. The van der Waals surface area contributed by atoms with Crippen LogP contribution in [0, 0.1) is 0 Å². The largest absolute Gasteiger partial charge is 0.434 e. The molecule has 31 heavy (non-hydrogen) atoms. The lowest BCUT2D eigenvalue weighted by Crippen LogP contribution is -2.31. The van der Waals surface area contributed by atoms with Crippen molar-refractivity contribution in [3.8, 4) is 5.75 Å². The number of hydrogen-bond acceptors (Lipinski definition) is 3. The zero-order chi connectivity index (χ0) is 21.8. The fourth-order valence-corrected chi connectivity index (χ4v) is 3.31. The summed E-state index contributed by atoms with van der Waals surface area (Å²) in [5.41, 5.74) is 1.95. The van der Waals surface area contributed by atoms with Crippen LogP contribution >= 0.6 is 0 Å². The average molecular weight is 426 g/mol. The van der Waals surface area contributed by atoms with E-state index in [-0.39, 0.29) is 23.6 Å². The Balaban J connectivity index is 1.41. The van der Waals surface area contributed by atoms with Gasteiger partial charge < -0.3 is 15.0 Å². The molecule has 2 fully saturated rings. The summed E-state index contributed by atoms with van der Waals surface area (Å²) in [5, 5.41) is 2.96. The molecule has 0 heterocycles. The Hall–Kier alpha value is -3.22. The molecule has 5 nitrogen and oxygen atoms in total. The van der Waals surface area contributed by atoms with Gasteiger partial charge in [-0.1, -0.05) is 30.3 Å². The Labute approximate surface area is 179 Å². The molecule has 2 aliphatic rings. The lowest BCUT2D eigenvalue weighted by molar-refractivity contribution is -0.127. The maximum atomic E-state index is 12.8. The van der Waals surface area contributed by atoms with Crippen molar-refractivity contribution in [3.05, 3.63) is 71.3 Å². The smallest absolute Gasteiger partial charge is 0.387 e. The molecule has 0 unspecified atom stereocenters. The Kier molecular flexibility index (Phi) is 6.30. The molecule has 4 rings (SSSR count). The standard InChI is InChI=1S/C24H24F2N2O3/c25-24(26)31-21-4-2-1-3-17(21)9-14-22(29)28(20-12-13-20)15-16-5-7-18(8-6-16)23(30)27-19-10-11-19/h1-9,14,19-20,24H,10-13,15H2,(H,27,30)/b14-9+. The van der Waals surface area contributed by atoms with Gasteiger partial charge in [-0.3, -0.25) is 9.59 Å². The Morgan fingerprint density at radius 1 is 1.06 bits per heavy atom. The summed E-state index contributed by atoms with van der Waals surface area (Å²) in [5.74, 6) is -0.235. The molecular formula is C24H24F2N2O3. The molecule has 0 radical (unpaired) electrons. The summed E-state index contributed by atoms with van der Waals surface area (Å²) in [6.45, 7) is -2.50. The highest BCUT2D eigenvalue weighted by Crippen LogP contribution is 2.29. The van der Waals surface area contributed by atoms with E-state index in [1.807, 2.05) is 12.1 Å². The van der Waals surface area contributed by atoms with Crippen LogP contribution in [0.2, 0.25) is 0 Å². The molecule has 0 aromatic heterocycles. The van der Waals surface area contributed by atoms with Gasteiger partial charge in [0.15, 0.2) is 0 Å². The number of para-hydroxylation sites is 1. The number of amides is 2. The van der Waals surface area contributed by atoms with E-state index in [9.17, 15) is 18.4 Å². The summed E-state index contributed by atoms with van der Waals surface area (Å²) in [7, 11) is 0. The van der Waals surface area contributed by atoms with Crippen LogP contribution in [-0.4, -0.2) is 35.4 Å². The van der Waals surface area contributed by atoms with Gasteiger partial charge in [-0.05, 0) is 55.5 Å². The molecule has 2 aromatic carbocycles. The van der Waals surface area contributed by atoms with Gasteiger partial charge in [0.25, 0.3) is 5.91 Å². The second kappa shape index (κ2) is 9.29. The molecule has 2 aliphatic carbocycles. The number of carbonyl (C=O) groups is 2. The number of nitrogens with one attached hydrogen (secondary N) is 1. The SMILES string of the molecule is O=C(NC1CC1)c1ccc(CN(C(=O)/C=C/c2ccccc2OC(F)F)C2CC2)cc1. The highest BCUT2D eigenvalue weighted by Gasteiger charge is 2.31. The Morgan fingerprint density at radius 3 is 2.42 bits per heavy atom. The Morgan fingerprint density at radius 2 is 1.77 bits per heavy atom. The lowest BCUT2D eigenvalue weighted by Gasteiger charge is -2.21. The van der Waals surface area contributed by atoms with E-state index >= 15 is 0 Å². The number of nitrogens with zero attached hydrogens (tertiary/aromatic N) is 1. The highest BCUT2D eigenvalue weighted by molar-refractivity contribution is 5.94.